The Labute approximate surface area is 311 Å². The minimum Gasteiger partial charge on any atom is -0.310 e. The molecule has 0 N–H and O–H groups in total. The molecule has 0 atom stereocenters. The Morgan fingerprint density at radius 3 is 1.55 bits per heavy atom. The van der Waals surface area contributed by atoms with Crippen LogP contribution in [0.3, 0.4) is 0 Å². The Balaban J connectivity index is 1.31. The second-order valence-corrected chi connectivity index (χ2v) is 14.2. The fourth-order valence-corrected chi connectivity index (χ4v) is 8.82. The van der Waals surface area contributed by atoms with E-state index in [-0.39, 0.29) is 0 Å². The molecule has 1 nitrogen and oxygen atoms in total. The van der Waals surface area contributed by atoms with Crippen molar-refractivity contribution in [2.24, 2.45) is 0 Å². The minimum absolute atomic E-state index is 0.498. The molecule has 0 saturated heterocycles. The van der Waals surface area contributed by atoms with Gasteiger partial charge in [0.05, 0.1) is 11.1 Å². The van der Waals surface area contributed by atoms with Gasteiger partial charge in [0, 0.05) is 16.9 Å². The second kappa shape index (κ2) is 12.5. The summed E-state index contributed by atoms with van der Waals surface area (Å²) in [5.74, 6) is 0. The Bertz CT molecular complexity index is 2760. The van der Waals surface area contributed by atoms with Crippen molar-refractivity contribution in [2.75, 3.05) is 4.90 Å². The van der Waals surface area contributed by atoms with Crippen LogP contribution in [-0.2, 0) is 5.41 Å². The summed E-state index contributed by atoms with van der Waals surface area (Å²) >= 11 is 0. The maximum Gasteiger partial charge on any atom is 0.0714 e. The zero-order valence-electron chi connectivity index (χ0n) is 29.6. The van der Waals surface area contributed by atoms with Gasteiger partial charge in [-0.05, 0) is 109 Å². The van der Waals surface area contributed by atoms with E-state index in [0.717, 1.165) is 17.1 Å². The van der Waals surface area contributed by atoms with Crippen LogP contribution >= 0.6 is 0 Å². The van der Waals surface area contributed by atoms with Gasteiger partial charge in [0.25, 0.3) is 0 Å². The Kier molecular flexibility index (Phi) is 7.33. The molecule has 10 rings (SSSR count). The van der Waals surface area contributed by atoms with E-state index in [4.69, 9.17) is 0 Å². The highest BCUT2D eigenvalue weighted by Crippen LogP contribution is 2.57. The normalized spacial score (nSPS) is 12.8. The average Bonchev–Trinajstić information content (AvgIpc) is 3.52. The monoisotopic (exact) mass is 675 g/mol. The van der Waals surface area contributed by atoms with Crippen molar-refractivity contribution >= 4 is 38.6 Å². The summed E-state index contributed by atoms with van der Waals surface area (Å²) in [6, 6.07) is 76.1. The number of aryl methyl sites for hydroxylation is 1. The number of hydrogen-bond acceptors (Lipinski definition) is 1. The van der Waals surface area contributed by atoms with E-state index in [2.05, 4.69) is 218 Å². The molecule has 0 aliphatic heterocycles. The van der Waals surface area contributed by atoms with Gasteiger partial charge in [-0.25, -0.2) is 0 Å². The van der Waals surface area contributed by atoms with E-state index >= 15 is 0 Å². The summed E-state index contributed by atoms with van der Waals surface area (Å²) in [4.78, 5) is 2.49. The molecule has 0 amide bonds. The fraction of sp³-hybridized carbons (Fsp3) is 0.0385. The molecule has 0 saturated carbocycles. The van der Waals surface area contributed by atoms with Crippen LogP contribution in [0.1, 0.15) is 27.8 Å². The van der Waals surface area contributed by atoms with Crippen LogP contribution in [0.4, 0.5) is 17.1 Å². The highest BCUT2D eigenvalue weighted by Gasteiger charge is 2.46. The molecule has 9 aromatic carbocycles. The molecule has 53 heavy (non-hydrogen) atoms. The maximum atomic E-state index is 2.49. The number of benzene rings is 9. The molecule has 0 spiro atoms. The zero-order chi connectivity index (χ0) is 35.4. The molecular formula is C52H37N. The van der Waals surface area contributed by atoms with Crippen molar-refractivity contribution in [2.45, 2.75) is 12.3 Å². The number of rotatable bonds is 6. The molecule has 1 heteroatoms. The van der Waals surface area contributed by atoms with Crippen LogP contribution in [0, 0.1) is 6.92 Å². The molecule has 9 aromatic rings. The standard InChI is InChI=1S/C52H37N/c1-36-16-8-13-25-45(36)48-33-39-19-11-12-20-40(39)34-51(48)53(43-29-28-37-17-9-10-18-38(37)32-43)44-30-31-47-46-26-14-15-27-49(46)52(50(47)35-44,41-21-4-2-5-22-41)42-23-6-3-7-24-42/h2-35H,1H3. The Hall–Kier alpha value is -6.70. The van der Waals surface area contributed by atoms with Gasteiger partial charge in [-0.15, -0.1) is 0 Å². The third-order valence-corrected chi connectivity index (χ3v) is 11.2. The first-order valence-electron chi connectivity index (χ1n) is 18.4. The fourth-order valence-electron chi connectivity index (χ4n) is 8.82. The van der Waals surface area contributed by atoms with Crippen molar-refractivity contribution in [3.8, 4) is 22.3 Å². The van der Waals surface area contributed by atoms with Crippen LogP contribution in [0.5, 0.6) is 0 Å². The topological polar surface area (TPSA) is 3.24 Å². The predicted molar refractivity (Wildman–Crippen MR) is 224 cm³/mol. The molecule has 250 valence electrons. The molecule has 1 aliphatic carbocycles. The highest BCUT2D eigenvalue weighted by molar-refractivity contribution is 6.00. The lowest BCUT2D eigenvalue weighted by atomic mass is 9.67. The summed E-state index contributed by atoms with van der Waals surface area (Å²) in [5, 5.41) is 4.88. The van der Waals surface area contributed by atoms with Gasteiger partial charge in [-0.2, -0.15) is 0 Å². The average molecular weight is 676 g/mol. The lowest BCUT2D eigenvalue weighted by Crippen LogP contribution is -2.28. The lowest BCUT2D eigenvalue weighted by Gasteiger charge is -2.35. The first kappa shape index (κ1) is 31.1. The van der Waals surface area contributed by atoms with E-state index in [0.29, 0.717) is 0 Å². The van der Waals surface area contributed by atoms with Gasteiger partial charge in [-0.3, -0.25) is 0 Å². The van der Waals surface area contributed by atoms with E-state index in [1.807, 2.05) is 0 Å². The van der Waals surface area contributed by atoms with Crippen molar-refractivity contribution in [1.82, 2.24) is 0 Å². The molecule has 0 bridgehead atoms. The van der Waals surface area contributed by atoms with Crippen molar-refractivity contribution in [3.63, 3.8) is 0 Å². The maximum absolute atomic E-state index is 2.49. The van der Waals surface area contributed by atoms with Crippen LogP contribution in [0.15, 0.2) is 206 Å². The van der Waals surface area contributed by atoms with Gasteiger partial charge in [-0.1, -0.05) is 170 Å². The quantitative estimate of drug-likeness (QED) is 0.170. The second-order valence-electron chi connectivity index (χ2n) is 14.2. The summed E-state index contributed by atoms with van der Waals surface area (Å²) in [7, 11) is 0. The van der Waals surface area contributed by atoms with Gasteiger partial charge in [0.15, 0.2) is 0 Å². The largest absolute Gasteiger partial charge is 0.310 e. The highest BCUT2D eigenvalue weighted by atomic mass is 15.1. The summed E-state index contributed by atoms with van der Waals surface area (Å²) in [6.07, 6.45) is 0. The Morgan fingerprint density at radius 1 is 0.340 bits per heavy atom. The van der Waals surface area contributed by atoms with Gasteiger partial charge in [0.1, 0.15) is 0 Å². The third kappa shape index (κ3) is 4.93. The van der Waals surface area contributed by atoms with Crippen LogP contribution in [0.25, 0.3) is 43.8 Å². The summed E-state index contributed by atoms with van der Waals surface area (Å²) in [6.45, 7) is 2.22. The van der Waals surface area contributed by atoms with Crippen LogP contribution in [-0.4, -0.2) is 0 Å². The SMILES string of the molecule is Cc1ccccc1-c1cc2ccccc2cc1N(c1ccc2c(c1)C(c1ccccc1)(c1ccccc1)c1ccccc1-2)c1ccc2ccccc2c1. The predicted octanol–water partition coefficient (Wildman–Crippen LogP) is 13.8. The zero-order valence-corrected chi connectivity index (χ0v) is 29.6. The van der Waals surface area contributed by atoms with Crippen LogP contribution < -0.4 is 4.90 Å². The molecule has 0 heterocycles. The van der Waals surface area contributed by atoms with Gasteiger partial charge in [0.2, 0.25) is 0 Å². The molecule has 0 fully saturated rings. The molecule has 0 unspecified atom stereocenters. The van der Waals surface area contributed by atoms with Crippen molar-refractivity contribution in [1.29, 1.82) is 0 Å². The summed E-state index contributed by atoms with van der Waals surface area (Å²) in [5.41, 5.74) is 14.3. The van der Waals surface area contributed by atoms with Gasteiger partial charge >= 0.3 is 0 Å². The summed E-state index contributed by atoms with van der Waals surface area (Å²) < 4.78 is 0. The molecule has 0 radical (unpaired) electrons. The number of anilines is 3. The van der Waals surface area contributed by atoms with E-state index in [1.54, 1.807) is 0 Å². The molecule has 1 aliphatic rings. The lowest BCUT2D eigenvalue weighted by molar-refractivity contribution is 0.768. The molecular weight excluding hydrogens is 639 g/mol. The van der Waals surface area contributed by atoms with Crippen molar-refractivity contribution in [3.05, 3.63) is 234 Å². The van der Waals surface area contributed by atoms with E-state index in [9.17, 15) is 0 Å². The molecule has 0 aromatic heterocycles. The number of fused-ring (bicyclic) bond motifs is 5. The van der Waals surface area contributed by atoms with Crippen LogP contribution in [0.2, 0.25) is 0 Å². The minimum atomic E-state index is -0.498. The van der Waals surface area contributed by atoms with Crippen molar-refractivity contribution < 1.29 is 0 Å². The number of nitrogens with zero attached hydrogens (tertiary/aromatic N) is 1. The van der Waals surface area contributed by atoms with Gasteiger partial charge < -0.3 is 4.90 Å². The Morgan fingerprint density at radius 2 is 0.849 bits per heavy atom. The number of hydrogen-bond donors (Lipinski definition) is 0. The van der Waals surface area contributed by atoms with E-state index in [1.165, 1.54) is 71.6 Å². The third-order valence-electron chi connectivity index (χ3n) is 11.2. The first-order chi connectivity index (χ1) is 26.2. The smallest absolute Gasteiger partial charge is 0.0714 e. The van der Waals surface area contributed by atoms with E-state index < -0.39 is 5.41 Å². The first-order valence-corrected chi connectivity index (χ1v) is 18.4.